The Hall–Kier alpha value is -2.80. The molecule has 0 radical (unpaired) electrons. The van der Waals surface area contributed by atoms with Crippen LogP contribution in [0.5, 0.6) is 11.5 Å². The highest BCUT2D eigenvalue weighted by Crippen LogP contribution is 2.37. The average Bonchev–Trinajstić information content (AvgIpc) is 2.65. The van der Waals surface area contributed by atoms with Crippen molar-refractivity contribution < 1.29 is 23.5 Å². The van der Waals surface area contributed by atoms with Crippen LogP contribution in [0, 0.1) is 11.7 Å². The van der Waals surface area contributed by atoms with Crippen molar-refractivity contribution in [2.24, 2.45) is 11.7 Å². The quantitative estimate of drug-likeness (QED) is 0.701. The number of amides is 2. The van der Waals surface area contributed by atoms with Gasteiger partial charge in [-0.1, -0.05) is 37.6 Å². The number of primary amides is 1. The van der Waals surface area contributed by atoms with E-state index in [1.54, 1.807) is 0 Å². The molecule has 2 amide bonds. The van der Waals surface area contributed by atoms with Crippen molar-refractivity contribution in [3.63, 3.8) is 0 Å². The molecule has 0 aliphatic heterocycles. The minimum Gasteiger partial charge on any atom is -0.493 e. The van der Waals surface area contributed by atoms with Crippen molar-refractivity contribution in [1.82, 2.24) is 4.90 Å². The first-order valence-electron chi connectivity index (χ1n) is 8.98. The molecule has 0 spiro atoms. The number of ether oxygens (including phenoxy) is 2. The molecule has 0 bridgehead atoms. The summed E-state index contributed by atoms with van der Waals surface area (Å²) >= 11 is 6.31. The van der Waals surface area contributed by atoms with Gasteiger partial charge < -0.3 is 20.1 Å². The Bertz CT molecular complexity index is 904. The summed E-state index contributed by atoms with van der Waals surface area (Å²) in [7, 11) is 2.84. The van der Waals surface area contributed by atoms with Crippen LogP contribution in [0.25, 0.3) is 0 Å². The van der Waals surface area contributed by atoms with Gasteiger partial charge in [-0.15, -0.1) is 0 Å². The number of nitrogens with two attached hydrogens (primary N) is 1. The fraction of sp³-hybridized carbons (Fsp3) is 0.333. The lowest BCUT2D eigenvalue weighted by Gasteiger charge is -2.26. The lowest BCUT2D eigenvalue weighted by Crippen LogP contribution is -2.39. The SMILES string of the molecule is COc1cc(C(=O)N(C)C(C(N)=O)c2cccc(F)c2)cc(Cl)c1OCC(C)C. The van der Waals surface area contributed by atoms with E-state index in [9.17, 15) is 14.0 Å². The summed E-state index contributed by atoms with van der Waals surface area (Å²) < 4.78 is 24.6. The Kier molecular flexibility index (Phi) is 7.45. The second-order valence-electron chi connectivity index (χ2n) is 6.97. The minimum absolute atomic E-state index is 0.175. The summed E-state index contributed by atoms with van der Waals surface area (Å²) in [6, 6.07) is 7.13. The molecule has 1 atom stereocenters. The maximum Gasteiger partial charge on any atom is 0.254 e. The third kappa shape index (κ3) is 5.38. The second kappa shape index (κ2) is 9.60. The zero-order chi connectivity index (χ0) is 21.7. The number of halogens is 2. The average molecular weight is 423 g/mol. The van der Waals surface area contributed by atoms with Gasteiger partial charge in [-0.2, -0.15) is 0 Å². The maximum absolute atomic E-state index is 13.6. The Labute approximate surface area is 174 Å². The predicted molar refractivity (Wildman–Crippen MR) is 109 cm³/mol. The first-order chi connectivity index (χ1) is 13.6. The fourth-order valence-electron chi connectivity index (χ4n) is 2.81. The molecular weight excluding hydrogens is 399 g/mol. The summed E-state index contributed by atoms with van der Waals surface area (Å²) in [6.45, 7) is 4.40. The second-order valence-corrected chi connectivity index (χ2v) is 7.38. The van der Waals surface area contributed by atoms with Crippen LogP contribution >= 0.6 is 11.6 Å². The van der Waals surface area contributed by atoms with Gasteiger partial charge in [0.2, 0.25) is 5.91 Å². The molecule has 0 aliphatic carbocycles. The molecule has 8 heteroatoms. The number of benzene rings is 2. The van der Waals surface area contributed by atoms with Gasteiger partial charge in [0, 0.05) is 12.6 Å². The topological polar surface area (TPSA) is 81.9 Å². The molecule has 2 aromatic carbocycles. The molecule has 0 aliphatic rings. The van der Waals surface area contributed by atoms with Crippen LogP contribution in [-0.2, 0) is 4.79 Å². The van der Waals surface area contributed by atoms with E-state index in [0.717, 1.165) is 11.0 Å². The minimum atomic E-state index is -1.15. The predicted octanol–water partition coefficient (Wildman–Crippen LogP) is 3.82. The molecule has 0 heterocycles. The molecule has 156 valence electrons. The molecule has 0 saturated heterocycles. The van der Waals surface area contributed by atoms with Crippen LogP contribution in [0.2, 0.25) is 5.02 Å². The normalized spacial score (nSPS) is 11.8. The summed E-state index contributed by atoms with van der Waals surface area (Å²) in [5.41, 5.74) is 5.93. The zero-order valence-corrected chi connectivity index (χ0v) is 17.5. The number of methoxy groups -OCH3 is 1. The molecule has 0 fully saturated rings. The maximum atomic E-state index is 13.6. The Morgan fingerprint density at radius 2 is 1.93 bits per heavy atom. The van der Waals surface area contributed by atoms with E-state index in [0.29, 0.717) is 12.4 Å². The zero-order valence-electron chi connectivity index (χ0n) is 16.7. The van der Waals surface area contributed by atoms with Gasteiger partial charge >= 0.3 is 0 Å². The van der Waals surface area contributed by atoms with E-state index in [2.05, 4.69) is 0 Å². The van der Waals surface area contributed by atoms with Crippen molar-refractivity contribution in [3.05, 3.63) is 58.4 Å². The van der Waals surface area contributed by atoms with Crippen LogP contribution in [0.3, 0.4) is 0 Å². The summed E-state index contributed by atoms with van der Waals surface area (Å²) in [5.74, 6) is -0.971. The van der Waals surface area contributed by atoms with Crippen LogP contribution in [-0.4, -0.2) is 37.5 Å². The molecule has 0 aromatic heterocycles. The molecule has 1 unspecified atom stereocenters. The van der Waals surface area contributed by atoms with Crippen molar-refractivity contribution in [3.8, 4) is 11.5 Å². The standard InChI is InChI=1S/C21H24ClFN2O4/c1-12(2)11-29-19-16(22)9-14(10-17(19)28-4)21(27)25(3)18(20(24)26)13-6-5-7-15(23)8-13/h5-10,12,18H,11H2,1-4H3,(H2,24,26). The van der Waals surface area contributed by atoms with E-state index in [1.807, 2.05) is 13.8 Å². The van der Waals surface area contributed by atoms with Crippen molar-refractivity contribution >= 4 is 23.4 Å². The van der Waals surface area contributed by atoms with Crippen molar-refractivity contribution in [1.29, 1.82) is 0 Å². The van der Waals surface area contributed by atoms with E-state index < -0.39 is 23.7 Å². The lowest BCUT2D eigenvalue weighted by molar-refractivity contribution is -0.122. The first-order valence-corrected chi connectivity index (χ1v) is 9.35. The van der Waals surface area contributed by atoms with Gasteiger partial charge in [0.25, 0.3) is 5.91 Å². The third-order valence-corrected chi connectivity index (χ3v) is 4.46. The highest BCUT2D eigenvalue weighted by molar-refractivity contribution is 6.32. The number of hydrogen-bond donors (Lipinski definition) is 1. The molecule has 0 saturated carbocycles. The van der Waals surface area contributed by atoms with Crippen LogP contribution in [0.1, 0.15) is 35.8 Å². The van der Waals surface area contributed by atoms with Crippen LogP contribution < -0.4 is 15.2 Å². The number of hydrogen-bond acceptors (Lipinski definition) is 4. The highest BCUT2D eigenvalue weighted by atomic mass is 35.5. The fourth-order valence-corrected chi connectivity index (χ4v) is 3.07. The van der Waals surface area contributed by atoms with Gasteiger partial charge in [-0.25, -0.2) is 4.39 Å². The number of rotatable bonds is 8. The number of carbonyl (C=O) groups excluding carboxylic acids is 2. The van der Waals surface area contributed by atoms with E-state index in [1.165, 1.54) is 44.5 Å². The summed E-state index contributed by atoms with van der Waals surface area (Å²) in [5, 5.41) is 0.197. The Morgan fingerprint density at radius 1 is 1.24 bits per heavy atom. The molecule has 2 rings (SSSR count). The van der Waals surface area contributed by atoms with E-state index in [-0.39, 0.29) is 27.8 Å². The molecule has 2 aromatic rings. The van der Waals surface area contributed by atoms with Gasteiger partial charge in [-0.05, 0) is 35.7 Å². The molecule has 6 nitrogen and oxygen atoms in total. The monoisotopic (exact) mass is 422 g/mol. The molecule has 2 N–H and O–H groups in total. The van der Waals surface area contributed by atoms with Crippen molar-refractivity contribution in [2.75, 3.05) is 20.8 Å². The summed E-state index contributed by atoms with van der Waals surface area (Å²) in [4.78, 5) is 26.2. The number of nitrogens with zero attached hydrogens (tertiary/aromatic N) is 1. The van der Waals surface area contributed by atoms with Crippen LogP contribution in [0.15, 0.2) is 36.4 Å². The van der Waals surface area contributed by atoms with Gasteiger partial charge in [0.05, 0.1) is 18.7 Å². The van der Waals surface area contributed by atoms with E-state index >= 15 is 0 Å². The number of carbonyl (C=O) groups is 2. The highest BCUT2D eigenvalue weighted by Gasteiger charge is 2.29. The third-order valence-electron chi connectivity index (χ3n) is 4.18. The smallest absolute Gasteiger partial charge is 0.254 e. The Balaban J connectivity index is 2.38. The lowest BCUT2D eigenvalue weighted by atomic mass is 10.0. The van der Waals surface area contributed by atoms with Gasteiger partial charge in [-0.3, -0.25) is 9.59 Å². The van der Waals surface area contributed by atoms with Gasteiger partial charge in [0.15, 0.2) is 11.5 Å². The van der Waals surface area contributed by atoms with Crippen LogP contribution in [0.4, 0.5) is 4.39 Å². The van der Waals surface area contributed by atoms with Crippen molar-refractivity contribution in [2.45, 2.75) is 19.9 Å². The largest absolute Gasteiger partial charge is 0.493 e. The molecular formula is C21H24ClFN2O4. The summed E-state index contributed by atoms with van der Waals surface area (Å²) in [6.07, 6.45) is 0. The molecule has 29 heavy (non-hydrogen) atoms. The number of likely N-dealkylation sites (N-methyl/N-ethyl adjacent to an activating group) is 1. The van der Waals surface area contributed by atoms with Gasteiger partial charge in [0.1, 0.15) is 11.9 Å². The van der Waals surface area contributed by atoms with E-state index in [4.69, 9.17) is 26.8 Å². The first kappa shape index (κ1) is 22.5. The Morgan fingerprint density at radius 3 is 2.48 bits per heavy atom.